The second kappa shape index (κ2) is 17.3. The van der Waals surface area contributed by atoms with Crippen LogP contribution in [0.4, 0.5) is 10.6 Å². The third-order valence-corrected chi connectivity index (χ3v) is 10.1. The number of esters is 1. The van der Waals surface area contributed by atoms with Crippen LogP contribution in [0.15, 0.2) is 36.4 Å². The molecule has 0 radical (unpaired) electrons. The maximum absolute atomic E-state index is 14.2. The van der Waals surface area contributed by atoms with E-state index in [1.165, 1.54) is 9.80 Å². The summed E-state index contributed by atoms with van der Waals surface area (Å²) in [5, 5.41) is 2.75. The second-order valence-corrected chi connectivity index (χ2v) is 13.4. The minimum atomic E-state index is -2.04. The summed E-state index contributed by atoms with van der Waals surface area (Å²) in [6.45, 7) is 9.70. The number of unbranched alkanes of at least 4 members (excludes halogenated alkanes) is 1. The standard InChI is InChI=1S/C35H47N6O9P/c1-5-9-19-48-34(45)40-17-15-39(16-18-40)32(43)29(35(51-46,49-7-3)50-8-4)38-31(42)26-20-27(37-30(36-26)23-13-11-10-12-14-23)41-21-24-25(22-41)28(24)33(44)47-6-2/h10-14,20,24-25,28-29H,5-9,15-19,21-22H2,1-4H3,(H,38,42)/t24?,25?,28?,29-/m1/s1. The van der Waals surface area contributed by atoms with Gasteiger partial charge in [-0.05, 0) is 39.0 Å². The van der Waals surface area contributed by atoms with Crippen LogP contribution in [0.1, 0.15) is 51.0 Å². The number of nitrogens with one attached hydrogen (secondary N) is 1. The predicted octanol–water partition coefficient (Wildman–Crippen LogP) is 3.59. The molecular weight excluding hydrogens is 679 g/mol. The van der Waals surface area contributed by atoms with Gasteiger partial charge in [-0.3, -0.25) is 18.9 Å². The molecule has 1 aliphatic carbocycles. The summed E-state index contributed by atoms with van der Waals surface area (Å²) in [6.07, 6.45) is 1.20. The van der Waals surface area contributed by atoms with Crippen LogP contribution >= 0.6 is 8.46 Å². The Kier molecular flexibility index (Phi) is 12.9. The quantitative estimate of drug-likeness (QED) is 0.116. The molecule has 276 valence electrons. The average molecular weight is 727 g/mol. The minimum absolute atomic E-state index is 0.0247. The average Bonchev–Trinajstić information content (AvgIpc) is 3.66. The van der Waals surface area contributed by atoms with Crippen molar-refractivity contribution in [2.45, 2.75) is 52.1 Å². The van der Waals surface area contributed by atoms with E-state index >= 15 is 0 Å². The molecule has 3 atom stereocenters. The second-order valence-electron chi connectivity index (χ2n) is 12.6. The molecule has 3 fully saturated rings. The first-order valence-electron chi connectivity index (χ1n) is 17.7. The number of fused-ring (bicyclic) bond motifs is 1. The largest absolute Gasteiger partial charge is 0.466 e. The highest BCUT2D eigenvalue weighted by Gasteiger charge is 2.60. The Morgan fingerprint density at radius 1 is 0.902 bits per heavy atom. The number of benzene rings is 1. The van der Waals surface area contributed by atoms with Gasteiger partial charge in [0.2, 0.25) is 8.46 Å². The van der Waals surface area contributed by atoms with Crippen molar-refractivity contribution in [2.75, 3.05) is 70.6 Å². The Bertz CT molecular complexity index is 1540. The Labute approximate surface area is 299 Å². The van der Waals surface area contributed by atoms with Crippen LogP contribution in [-0.2, 0) is 33.1 Å². The number of ether oxygens (including phenoxy) is 4. The van der Waals surface area contributed by atoms with Crippen molar-refractivity contribution in [3.05, 3.63) is 42.1 Å². The highest BCUT2D eigenvalue weighted by molar-refractivity contribution is 7.25. The topological polar surface area (TPSA) is 170 Å². The summed E-state index contributed by atoms with van der Waals surface area (Å²) < 4.78 is 35.1. The van der Waals surface area contributed by atoms with Gasteiger partial charge in [0, 0.05) is 64.1 Å². The van der Waals surface area contributed by atoms with Gasteiger partial charge in [0.25, 0.3) is 17.3 Å². The number of hydrogen-bond donors (Lipinski definition) is 1. The summed E-state index contributed by atoms with van der Waals surface area (Å²) in [6, 6.07) is 9.20. The predicted molar refractivity (Wildman–Crippen MR) is 186 cm³/mol. The van der Waals surface area contributed by atoms with Crippen LogP contribution in [0, 0.1) is 17.8 Å². The molecule has 5 rings (SSSR count). The van der Waals surface area contributed by atoms with E-state index in [9.17, 15) is 23.7 Å². The number of nitrogens with zero attached hydrogens (tertiary/aromatic N) is 5. The fraction of sp³-hybridized carbons (Fsp3) is 0.600. The van der Waals surface area contributed by atoms with Gasteiger partial charge in [-0.1, -0.05) is 43.7 Å². The lowest BCUT2D eigenvalue weighted by Crippen LogP contribution is -2.63. The van der Waals surface area contributed by atoms with Gasteiger partial charge in [-0.15, -0.1) is 0 Å². The molecule has 1 N–H and O–H groups in total. The molecule has 0 bridgehead atoms. The molecule has 0 spiro atoms. The molecule has 2 saturated heterocycles. The fourth-order valence-corrected chi connectivity index (χ4v) is 7.30. The van der Waals surface area contributed by atoms with Gasteiger partial charge in [0.1, 0.15) is 11.5 Å². The van der Waals surface area contributed by atoms with Gasteiger partial charge in [-0.2, -0.15) is 0 Å². The van der Waals surface area contributed by atoms with E-state index in [0.717, 1.165) is 12.8 Å². The van der Waals surface area contributed by atoms with Crippen molar-refractivity contribution in [1.82, 2.24) is 25.1 Å². The van der Waals surface area contributed by atoms with Crippen molar-refractivity contribution in [3.63, 3.8) is 0 Å². The van der Waals surface area contributed by atoms with Crippen LogP contribution in [0.2, 0.25) is 0 Å². The van der Waals surface area contributed by atoms with E-state index in [2.05, 4.69) is 10.3 Å². The summed E-state index contributed by atoms with van der Waals surface area (Å²) in [7, 11) is -0.671. The van der Waals surface area contributed by atoms with Crippen LogP contribution < -0.4 is 10.2 Å². The van der Waals surface area contributed by atoms with Crippen LogP contribution in [-0.4, -0.2) is 121 Å². The molecule has 1 aromatic heterocycles. The number of rotatable bonds is 16. The number of carbonyl (C=O) groups excluding carboxylic acids is 4. The van der Waals surface area contributed by atoms with Gasteiger partial charge in [0.15, 0.2) is 11.9 Å². The Balaban J connectivity index is 1.40. The number of amides is 3. The highest BCUT2D eigenvalue weighted by Crippen LogP contribution is 2.53. The van der Waals surface area contributed by atoms with Gasteiger partial charge >= 0.3 is 12.1 Å². The zero-order chi connectivity index (χ0) is 36.5. The monoisotopic (exact) mass is 726 g/mol. The molecule has 51 heavy (non-hydrogen) atoms. The molecule has 15 nitrogen and oxygen atoms in total. The van der Waals surface area contributed by atoms with Crippen molar-refractivity contribution < 1.29 is 42.7 Å². The zero-order valence-corrected chi connectivity index (χ0v) is 30.5. The fourth-order valence-electron chi connectivity index (χ4n) is 6.66. The number of hydrogen-bond acceptors (Lipinski definition) is 12. The lowest BCUT2D eigenvalue weighted by atomic mass is 10.1. The van der Waals surface area contributed by atoms with Crippen LogP contribution in [0.25, 0.3) is 11.4 Å². The van der Waals surface area contributed by atoms with E-state index in [0.29, 0.717) is 43.5 Å². The summed E-state index contributed by atoms with van der Waals surface area (Å²) in [5.41, 5.74) is -1.39. The van der Waals surface area contributed by atoms with E-state index in [1.54, 1.807) is 26.8 Å². The van der Waals surface area contributed by atoms with Gasteiger partial charge in [-0.25, -0.2) is 14.8 Å². The third kappa shape index (κ3) is 8.65. The summed E-state index contributed by atoms with van der Waals surface area (Å²) in [4.78, 5) is 67.8. The number of carbonyl (C=O) groups is 4. The SMILES string of the molecule is CCCCOC(=O)N1CCN(C(=O)[C@@H](NC(=O)c2cc(N3CC4C(C3)C4C(=O)OCC)nc(-c3ccccc3)n2)C(OCC)(OCC)P=O)CC1. The number of anilines is 1. The Morgan fingerprint density at radius 2 is 1.55 bits per heavy atom. The first-order chi connectivity index (χ1) is 24.7. The summed E-state index contributed by atoms with van der Waals surface area (Å²) in [5.74, 6) is -0.588. The molecule has 2 aliphatic heterocycles. The van der Waals surface area contributed by atoms with Crippen molar-refractivity contribution >= 4 is 38.2 Å². The normalized spacial score (nSPS) is 20.5. The molecule has 2 aromatic rings. The van der Waals surface area contributed by atoms with E-state index in [1.807, 2.05) is 42.2 Å². The summed E-state index contributed by atoms with van der Waals surface area (Å²) >= 11 is 0. The number of piperidine rings is 1. The maximum atomic E-state index is 14.2. The van der Waals surface area contributed by atoms with E-state index in [4.69, 9.17) is 23.9 Å². The van der Waals surface area contributed by atoms with Crippen LogP contribution in [0.5, 0.6) is 0 Å². The molecule has 16 heteroatoms. The smallest absolute Gasteiger partial charge is 0.409 e. The molecule has 1 aromatic carbocycles. The molecule has 2 unspecified atom stereocenters. The van der Waals surface area contributed by atoms with Crippen LogP contribution in [0.3, 0.4) is 0 Å². The maximum Gasteiger partial charge on any atom is 0.409 e. The van der Waals surface area contributed by atoms with Gasteiger partial charge in [0.05, 0.1) is 19.1 Å². The molecule has 3 heterocycles. The Hall–Kier alpha value is -4.20. The van der Waals surface area contributed by atoms with E-state index < -0.39 is 37.9 Å². The molecular formula is C35H47N6O9P. The lowest BCUT2D eigenvalue weighted by Gasteiger charge is -2.39. The third-order valence-electron chi connectivity index (χ3n) is 9.34. The number of piperazine rings is 1. The molecule has 1 saturated carbocycles. The molecule has 3 amide bonds. The van der Waals surface area contributed by atoms with Gasteiger partial charge < -0.3 is 39.0 Å². The van der Waals surface area contributed by atoms with E-state index in [-0.39, 0.29) is 68.8 Å². The minimum Gasteiger partial charge on any atom is -0.466 e. The first-order valence-corrected chi connectivity index (χ1v) is 18.5. The Morgan fingerprint density at radius 3 is 2.14 bits per heavy atom. The van der Waals surface area contributed by atoms with Crippen molar-refractivity contribution in [1.29, 1.82) is 0 Å². The zero-order valence-electron chi connectivity index (χ0n) is 29.6. The highest BCUT2D eigenvalue weighted by atomic mass is 31.1. The molecule has 3 aliphatic rings. The van der Waals surface area contributed by atoms with Crippen molar-refractivity contribution in [3.8, 4) is 11.4 Å². The first kappa shape index (κ1) is 38.0. The lowest BCUT2D eigenvalue weighted by molar-refractivity contribution is -0.193. The number of aromatic nitrogens is 2. The van der Waals surface area contributed by atoms with Crippen molar-refractivity contribution in [2.24, 2.45) is 17.8 Å².